The van der Waals surface area contributed by atoms with Crippen molar-refractivity contribution in [3.8, 4) is 0 Å². The Labute approximate surface area is 205 Å². The second-order valence-corrected chi connectivity index (χ2v) is 9.45. The Morgan fingerprint density at radius 1 is 1.09 bits per heavy atom. The van der Waals surface area contributed by atoms with Gasteiger partial charge in [0.15, 0.2) is 5.78 Å². The highest BCUT2D eigenvalue weighted by molar-refractivity contribution is 6.09. The average molecular weight is 468 g/mol. The molecule has 1 aromatic carbocycles. The van der Waals surface area contributed by atoms with Crippen LogP contribution in [0.1, 0.15) is 54.0 Å². The molecule has 0 unspecified atom stereocenters. The van der Waals surface area contributed by atoms with Gasteiger partial charge < -0.3 is 10.6 Å². The second kappa shape index (κ2) is 8.98. The first-order valence-electron chi connectivity index (χ1n) is 11.8. The molecular formula is C28H29N5O2. The number of aryl methyl sites for hydroxylation is 3. The lowest BCUT2D eigenvalue weighted by Gasteiger charge is -2.36. The number of carbonyl (C=O) groups is 2. The van der Waals surface area contributed by atoms with Gasteiger partial charge in [0.25, 0.3) is 5.91 Å². The number of rotatable bonds is 4. The molecule has 5 rings (SSSR count). The van der Waals surface area contributed by atoms with Crippen LogP contribution in [0.25, 0.3) is 0 Å². The average Bonchev–Trinajstić information content (AvgIpc) is 3.17. The number of hydrogen-bond donors (Lipinski definition) is 2. The highest BCUT2D eigenvalue weighted by Gasteiger charge is 2.42. The van der Waals surface area contributed by atoms with Gasteiger partial charge in [0, 0.05) is 59.9 Å². The Hall–Kier alpha value is -4.00. The number of carbonyl (C=O) groups excluding carboxylic acids is 2. The Bertz CT molecular complexity index is 1370. The zero-order valence-electron chi connectivity index (χ0n) is 20.4. The third kappa shape index (κ3) is 4.30. The standard InChI is InChI=1S/C28H29N5O2/c1-16-10-11-24(29-14-16)31-28(35)25-18(3)30-22-12-20(19-8-6-5-7-9-19)13-23(34)27(22)26(25)21-15-33(4)32-17(21)2/h5-11,14-15,20,26,30H,12-13H2,1-4H3,(H,29,31,35)/t20-,26+/m1/s1. The molecule has 178 valence electrons. The Morgan fingerprint density at radius 2 is 1.86 bits per heavy atom. The molecule has 0 saturated carbocycles. The number of Topliss-reactive ketones (excluding diaryl/α,β-unsaturated/α-hetero) is 1. The molecule has 0 radical (unpaired) electrons. The van der Waals surface area contributed by atoms with Crippen molar-refractivity contribution in [2.75, 3.05) is 5.32 Å². The zero-order chi connectivity index (χ0) is 24.7. The molecule has 2 aromatic heterocycles. The maximum absolute atomic E-state index is 13.7. The van der Waals surface area contributed by atoms with Crippen LogP contribution < -0.4 is 10.6 Å². The number of dihydropyridines is 1. The van der Waals surface area contributed by atoms with Crippen molar-refractivity contribution in [2.24, 2.45) is 7.05 Å². The van der Waals surface area contributed by atoms with E-state index in [0.29, 0.717) is 29.8 Å². The van der Waals surface area contributed by atoms with Crippen LogP contribution in [0, 0.1) is 13.8 Å². The van der Waals surface area contributed by atoms with Crippen LogP contribution in [0.3, 0.4) is 0 Å². The number of pyridine rings is 1. The molecule has 3 aromatic rings. The van der Waals surface area contributed by atoms with Gasteiger partial charge in [0.2, 0.25) is 0 Å². The highest BCUT2D eigenvalue weighted by atomic mass is 16.2. The van der Waals surface area contributed by atoms with Crippen LogP contribution in [0.5, 0.6) is 0 Å². The molecule has 0 bridgehead atoms. The molecule has 1 aliphatic heterocycles. The summed E-state index contributed by atoms with van der Waals surface area (Å²) < 4.78 is 1.74. The minimum atomic E-state index is -0.491. The van der Waals surface area contributed by atoms with Crippen LogP contribution in [-0.2, 0) is 16.6 Å². The number of nitrogens with one attached hydrogen (secondary N) is 2. The number of amides is 1. The van der Waals surface area contributed by atoms with Crippen molar-refractivity contribution < 1.29 is 9.59 Å². The van der Waals surface area contributed by atoms with Crippen LogP contribution in [-0.4, -0.2) is 26.5 Å². The topological polar surface area (TPSA) is 88.9 Å². The van der Waals surface area contributed by atoms with E-state index in [1.807, 2.05) is 58.3 Å². The van der Waals surface area contributed by atoms with Crippen LogP contribution in [0.15, 0.2) is 77.4 Å². The predicted molar refractivity (Wildman–Crippen MR) is 135 cm³/mol. The lowest BCUT2D eigenvalue weighted by atomic mass is 9.71. The highest BCUT2D eigenvalue weighted by Crippen LogP contribution is 2.46. The molecule has 3 heterocycles. The number of aromatic nitrogens is 3. The van der Waals surface area contributed by atoms with Gasteiger partial charge in [-0.2, -0.15) is 5.10 Å². The van der Waals surface area contributed by atoms with E-state index in [0.717, 1.165) is 33.8 Å². The predicted octanol–water partition coefficient (Wildman–Crippen LogP) is 4.43. The van der Waals surface area contributed by atoms with E-state index < -0.39 is 5.92 Å². The number of nitrogens with zero attached hydrogens (tertiary/aromatic N) is 3. The fourth-order valence-corrected chi connectivity index (χ4v) is 5.24. The fraction of sp³-hybridized carbons (Fsp3) is 0.286. The summed E-state index contributed by atoms with van der Waals surface area (Å²) in [5, 5.41) is 10.9. The van der Waals surface area contributed by atoms with Crippen molar-refractivity contribution in [3.63, 3.8) is 0 Å². The summed E-state index contributed by atoms with van der Waals surface area (Å²) >= 11 is 0. The number of anilines is 1. The van der Waals surface area contributed by atoms with Gasteiger partial charge in [0.1, 0.15) is 5.82 Å². The Balaban J connectivity index is 1.57. The first kappa shape index (κ1) is 22.8. The number of ketones is 1. The van der Waals surface area contributed by atoms with Crippen molar-refractivity contribution in [1.29, 1.82) is 0 Å². The molecule has 0 saturated heterocycles. The molecule has 0 spiro atoms. The van der Waals surface area contributed by atoms with Gasteiger partial charge in [-0.25, -0.2) is 4.98 Å². The summed E-state index contributed by atoms with van der Waals surface area (Å²) in [6, 6.07) is 13.8. The molecule has 2 atom stereocenters. The first-order chi connectivity index (χ1) is 16.8. The van der Waals surface area contributed by atoms with Gasteiger partial charge in [-0.1, -0.05) is 36.4 Å². The first-order valence-corrected chi connectivity index (χ1v) is 11.8. The maximum Gasteiger partial charge on any atom is 0.255 e. The van der Waals surface area contributed by atoms with Crippen molar-refractivity contribution in [2.45, 2.75) is 45.4 Å². The molecule has 2 aliphatic rings. The smallest absolute Gasteiger partial charge is 0.255 e. The minimum Gasteiger partial charge on any atom is -0.362 e. The van der Waals surface area contributed by atoms with Crippen LogP contribution in [0.2, 0.25) is 0 Å². The van der Waals surface area contributed by atoms with E-state index in [1.54, 1.807) is 16.9 Å². The molecule has 1 amide bonds. The Morgan fingerprint density at radius 3 is 2.51 bits per heavy atom. The lowest BCUT2D eigenvalue weighted by Crippen LogP contribution is -2.37. The Kier molecular flexibility index (Phi) is 5.84. The summed E-state index contributed by atoms with van der Waals surface area (Å²) in [5.74, 6) is -0.127. The summed E-state index contributed by atoms with van der Waals surface area (Å²) in [6.45, 7) is 5.77. The van der Waals surface area contributed by atoms with E-state index in [-0.39, 0.29) is 17.6 Å². The molecule has 2 N–H and O–H groups in total. The van der Waals surface area contributed by atoms with E-state index in [1.165, 1.54) is 0 Å². The monoisotopic (exact) mass is 467 g/mol. The quantitative estimate of drug-likeness (QED) is 0.593. The van der Waals surface area contributed by atoms with Crippen molar-refractivity contribution >= 4 is 17.5 Å². The van der Waals surface area contributed by atoms with Gasteiger partial charge >= 0.3 is 0 Å². The number of hydrogen-bond acceptors (Lipinski definition) is 5. The fourth-order valence-electron chi connectivity index (χ4n) is 5.24. The molecule has 0 fully saturated rings. The van der Waals surface area contributed by atoms with Crippen molar-refractivity contribution in [1.82, 2.24) is 20.1 Å². The lowest BCUT2D eigenvalue weighted by molar-refractivity contribution is -0.116. The number of benzene rings is 1. The third-order valence-electron chi connectivity index (χ3n) is 6.86. The van der Waals surface area contributed by atoms with Crippen LogP contribution >= 0.6 is 0 Å². The van der Waals surface area contributed by atoms with Crippen LogP contribution in [0.4, 0.5) is 5.82 Å². The van der Waals surface area contributed by atoms with Gasteiger partial charge in [-0.05, 0) is 50.3 Å². The summed E-state index contributed by atoms with van der Waals surface area (Å²) in [5.41, 5.74) is 6.66. The zero-order valence-corrected chi connectivity index (χ0v) is 20.4. The summed E-state index contributed by atoms with van der Waals surface area (Å²) in [7, 11) is 1.85. The van der Waals surface area contributed by atoms with Gasteiger partial charge in [-0.15, -0.1) is 0 Å². The molecule has 7 heteroatoms. The maximum atomic E-state index is 13.7. The normalized spacial score (nSPS) is 19.9. The molecular weight excluding hydrogens is 438 g/mol. The number of allylic oxidation sites excluding steroid dienone is 3. The van der Waals surface area contributed by atoms with Gasteiger partial charge in [0.05, 0.1) is 5.69 Å². The van der Waals surface area contributed by atoms with E-state index in [2.05, 4.69) is 32.8 Å². The largest absolute Gasteiger partial charge is 0.362 e. The SMILES string of the molecule is CC1=C(C(=O)Nc2ccc(C)cn2)[C@H](c2cn(C)nc2C)C2=C(C[C@@H](c3ccccc3)CC2=O)N1. The van der Waals surface area contributed by atoms with Gasteiger partial charge in [-0.3, -0.25) is 14.3 Å². The van der Waals surface area contributed by atoms with E-state index in [9.17, 15) is 9.59 Å². The second-order valence-electron chi connectivity index (χ2n) is 9.45. The van der Waals surface area contributed by atoms with E-state index in [4.69, 9.17) is 0 Å². The molecule has 1 aliphatic carbocycles. The van der Waals surface area contributed by atoms with E-state index >= 15 is 0 Å². The van der Waals surface area contributed by atoms with Crippen molar-refractivity contribution in [3.05, 3.63) is 99.8 Å². The summed E-state index contributed by atoms with van der Waals surface area (Å²) in [6.07, 6.45) is 4.76. The molecule has 35 heavy (non-hydrogen) atoms. The third-order valence-corrected chi connectivity index (χ3v) is 6.86. The minimum absolute atomic E-state index is 0.0621. The summed E-state index contributed by atoms with van der Waals surface area (Å²) in [4.78, 5) is 31.6. The molecule has 7 nitrogen and oxygen atoms in total.